The molecule has 1 unspecified atom stereocenters. The van der Waals surface area contributed by atoms with E-state index in [1.807, 2.05) is 24.3 Å². The maximum Gasteiger partial charge on any atom is 0.147 e. The van der Waals surface area contributed by atoms with Gasteiger partial charge in [-0.25, -0.2) is 9.37 Å². The van der Waals surface area contributed by atoms with Crippen molar-refractivity contribution in [2.24, 2.45) is 0 Å². The normalized spacial score (nSPS) is 12.7. The van der Waals surface area contributed by atoms with Gasteiger partial charge in [-0.1, -0.05) is 12.1 Å². The molecule has 2 heterocycles. The highest BCUT2D eigenvalue weighted by atomic mass is 19.1. The highest BCUT2D eigenvalue weighted by molar-refractivity contribution is 5.74. The molecular weight excluding hydrogens is 245 g/mol. The standard InChI is InChI=1S/C14H12FN3O/c15-11-7-16-6-5-10(11)14(19)8-18-9-17-12-3-1-2-4-13(12)18/h1-7,9,14,19H,8H2. The van der Waals surface area contributed by atoms with Gasteiger partial charge in [0.25, 0.3) is 0 Å². The summed E-state index contributed by atoms with van der Waals surface area (Å²) in [7, 11) is 0. The van der Waals surface area contributed by atoms with Crippen LogP contribution in [0.4, 0.5) is 4.39 Å². The fraction of sp³-hybridized carbons (Fsp3) is 0.143. The fourth-order valence-corrected chi connectivity index (χ4v) is 2.10. The molecule has 3 aromatic rings. The van der Waals surface area contributed by atoms with Crippen LogP contribution in [-0.4, -0.2) is 19.6 Å². The van der Waals surface area contributed by atoms with Crippen LogP contribution in [0.5, 0.6) is 0 Å². The summed E-state index contributed by atoms with van der Waals surface area (Å²) >= 11 is 0. The third-order valence-corrected chi connectivity index (χ3v) is 3.06. The van der Waals surface area contributed by atoms with Crippen molar-refractivity contribution in [3.05, 3.63) is 60.4 Å². The van der Waals surface area contributed by atoms with Crippen molar-refractivity contribution in [3.63, 3.8) is 0 Å². The van der Waals surface area contributed by atoms with Crippen molar-refractivity contribution in [1.82, 2.24) is 14.5 Å². The Morgan fingerprint density at radius 3 is 2.95 bits per heavy atom. The van der Waals surface area contributed by atoms with Crippen LogP contribution < -0.4 is 0 Å². The Morgan fingerprint density at radius 2 is 2.11 bits per heavy atom. The molecule has 0 saturated heterocycles. The van der Waals surface area contributed by atoms with Crippen molar-refractivity contribution in [2.75, 3.05) is 0 Å². The fourth-order valence-electron chi connectivity index (χ4n) is 2.10. The molecule has 0 fully saturated rings. The summed E-state index contributed by atoms with van der Waals surface area (Å²) in [5, 5.41) is 10.1. The van der Waals surface area contributed by atoms with Crippen LogP contribution in [0.1, 0.15) is 11.7 Å². The van der Waals surface area contributed by atoms with Crippen molar-refractivity contribution in [2.45, 2.75) is 12.6 Å². The number of fused-ring (bicyclic) bond motifs is 1. The van der Waals surface area contributed by atoms with E-state index in [2.05, 4.69) is 9.97 Å². The molecule has 1 aromatic carbocycles. The van der Waals surface area contributed by atoms with Crippen LogP contribution in [0.3, 0.4) is 0 Å². The maximum atomic E-state index is 13.5. The minimum absolute atomic E-state index is 0.243. The number of rotatable bonds is 3. The number of aromatic nitrogens is 3. The summed E-state index contributed by atoms with van der Waals surface area (Å²) in [6.07, 6.45) is 3.28. The van der Waals surface area contributed by atoms with Crippen LogP contribution in [-0.2, 0) is 6.54 Å². The van der Waals surface area contributed by atoms with E-state index in [4.69, 9.17) is 0 Å². The summed E-state index contributed by atoms with van der Waals surface area (Å²) in [5.41, 5.74) is 2.01. The van der Waals surface area contributed by atoms with E-state index < -0.39 is 11.9 Å². The highest BCUT2D eigenvalue weighted by Gasteiger charge is 2.14. The van der Waals surface area contributed by atoms with E-state index in [1.165, 1.54) is 12.3 Å². The molecule has 5 heteroatoms. The Balaban J connectivity index is 1.91. The molecule has 0 aliphatic carbocycles. The molecule has 1 N–H and O–H groups in total. The zero-order valence-electron chi connectivity index (χ0n) is 10.1. The van der Waals surface area contributed by atoms with Crippen molar-refractivity contribution >= 4 is 11.0 Å². The lowest BCUT2D eigenvalue weighted by molar-refractivity contribution is 0.153. The molecule has 3 rings (SSSR count). The summed E-state index contributed by atoms with van der Waals surface area (Å²) in [6.45, 7) is 0.251. The predicted molar refractivity (Wildman–Crippen MR) is 68.9 cm³/mol. The number of hydrogen-bond donors (Lipinski definition) is 1. The maximum absolute atomic E-state index is 13.5. The second-order valence-electron chi connectivity index (χ2n) is 4.30. The number of benzene rings is 1. The molecule has 0 aliphatic rings. The smallest absolute Gasteiger partial charge is 0.147 e. The zero-order chi connectivity index (χ0) is 13.2. The van der Waals surface area contributed by atoms with Gasteiger partial charge >= 0.3 is 0 Å². The number of aliphatic hydroxyl groups is 1. The zero-order valence-corrected chi connectivity index (χ0v) is 10.1. The third-order valence-electron chi connectivity index (χ3n) is 3.06. The molecule has 0 radical (unpaired) electrons. The Labute approximate surface area is 109 Å². The lowest BCUT2D eigenvalue weighted by Gasteiger charge is -2.12. The molecule has 0 saturated carbocycles. The van der Waals surface area contributed by atoms with Gasteiger partial charge in [-0.3, -0.25) is 4.98 Å². The molecule has 2 aromatic heterocycles. The van der Waals surface area contributed by atoms with Gasteiger partial charge in [-0.15, -0.1) is 0 Å². The minimum Gasteiger partial charge on any atom is -0.386 e. The predicted octanol–water partition coefficient (Wildman–Crippen LogP) is 2.30. The Bertz CT molecular complexity index is 710. The average molecular weight is 257 g/mol. The quantitative estimate of drug-likeness (QED) is 0.783. The number of aliphatic hydroxyl groups excluding tert-OH is 1. The lowest BCUT2D eigenvalue weighted by Crippen LogP contribution is -2.09. The van der Waals surface area contributed by atoms with E-state index in [1.54, 1.807) is 10.9 Å². The van der Waals surface area contributed by atoms with Gasteiger partial charge in [0.05, 0.1) is 36.2 Å². The topological polar surface area (TPSA) is 50.9 Å². The first-order valence-electron chi connectivity index (χ1n) is 5.93. The molecular formula is C14H12FN3O. The largest absolute Gasteiger partial charge is 0.386 e. The minimum atomic E-state index is -0.930. The molecule has 0 aliphatic heterocycles. The van der Waals surface area contributed by atoms with Gasteiger partial charge in [0, 0.05) is 11.8 Å². The van der Waals surface area contributed by atoms with Gasteiger partial charge in [0.15, 0.2) is 0 Å². The van der Waals surface area contributed by atoms with Gasteiger partial charge in [-0.2, -0.15) is 0 Å². The van der Waals surface area contributed by atoms with E-state index in [0.717, 1.165) is 17.2 Å². The van der Waals surface area contributed by atoms with E-state index >= 15 is 0 Å². The number of imidazole rings is 1. The van der Waals surface area contributed by atoms with E-state index in [-0.39, 0.29) is 12.1 Å². The Kier molecular flexibility index (Phi) is 2.97. The molecule has 1 atom stereocenters. The summed E-state index contributed by atoms with van der Waals surface area (Å²) in [5.74, 6) is -0.501. The van der Waals surface area contributed by atoms with Crippen LogP contribution in [0.2, 0.25) is 0 Å². The van der Waals surface area contributed by atoms with Crippen molar-refractivity contribution < 1.29 is 9.50 Å². The number of hydrogen-bond acceptors (Lipinski definition) is 3. The first-order valence-corrected chi connectivity index (χ1v) is 5.93. The van der Waals surface area contributed by atoms with Crippen molar-refractivity contribution in [1.29, 1.82) is 0 Å². The molecule has 4 nitrogen and oxygen atoms in total. The summed E-state index contributed by atoms with van der Waals surface area (Å²) in [6, 6.07) is 9.10. The van der Waals surface area contributed by atoms with Crippen LogP contribution in [0.25, 0.3) is 11.0 Å². The average Bonchev–Trinajstić information content (AvgIpc) is 2.83. The molecule has 19 heavy (non-hydrogen) atoms. The van der Waals surface area contributed by atoms with Crippen LogP contribution >= 0.6 is 0 Å². The number of para-hydroxylation sites is 2. The second kappa shape index (κ2) is 4.78. The van der Waals surface area contributed by atoms with E-state index in [0.29, 0.717) is 0 Å². The lowest BCUT2D eigenvalue weighted by atomic mass is 10.1. The first-order chi connectivity index (χ1) is 9.25. The molecule has 0 amide bonds. The van der Waals surface area contributed by atoms with Gasteiger partial charge in [0.1, 0.15) is 5.82 Å². The Hall–Kier alpha value is -2.27. The first kappa shape index (κ1) is 11.8. The summed E-state index contributed by atoms with van der Waals surface area (Å²) in [4.78, 5) is 7.90. The van der Waals surface area contributed by atoms with Gasteiger partial charge in [0.2, 0.25) is 0 Å². The SMILES string of the molecule is OC(Cn1cnc2ccccc21)c1ccncc1F. The second-order valence-corrected chi connectivity index (χ2v) is 4.30. The summed E-state index contributed by atoms with van der Waals surface area (Å²) < 4.78 is 15.3. The van der Waals surface area contributed by atoms with Gasteiger partial charge < -0.3 is 9.67 Å². The van der Waals surface area contributed by atoms with Crippen molar-refractivity contribution in [3.8, 4) is 0 Å². The third kappa shape index (κ3) is 2.20. The Morgan fingerprint density at radius 1 is 1.26 bits per heavy atom. The molecule has 96 valence electrons. The number of nitrogens with zero attached hydrogens (tertiary/aromatic N) is 3. The molecule has 0 spiro atoms. The van der Waals surface area contributed by atoms with Crippen LogP contribution in [0.15, 0.2) is 49.1 Å². The van der Waals surface area contributed by atoms with Gasteiger partial charge in [-0.05, 0) is 18.2 Å². The van der Waals surface area contributed by atoms with E-state index in [9.17, 15) is 9.50 Å². The number of halogens is 1. The van der Waals surface area contributed by atoms with Crippen LogP contribution in [0, 0.1) is 5.82 Å². The molecule has 0 bridgehead atoms. The number of pyridine rings is 1. The highest BCUT2D eigenvalue weighted by Crippen LogP contribution is 2.20. The monoisotopic (exact) mass is 257 g/mol.